The van der Waals surface area contributed by atoms with Crippen molar-refractivity contribution in [1.29, 1.82) is 0 Å². The van der Waals surface area contributed by atoms with Crippen molar-refractivity contribution < 1.29 is 18.3 Å². The number of nitrogens with zero attached hydrogens (tertiary/aromatic N) is 4. The lowest BCUT2D eigenvalue weighted by Gasteiger charge is -2.13. The molecule has 0 aliphatic carbocycles. The molecule has 0 saturated carbocycles. The average molecular weight is 332 g/mol. The lowest BCUT2D eigenvalue weighted by molar-refractivity contribution is -0.141. The number of halogens is 3. The van der Waals surface area contributed by atoms with Gasteiger partial charge in [-0.15, -0.1) is 10.2 Å². The maximum absolute atomic E-state index is 12.8. The fraction of sp³-hybridized carbons (Fsp3) is 0.462. The normalized spacial score (nSPS) is 13.3. The van der Waals surface area contributed by atoms with Gasteiger partial charge in [0, 0.05) is 23.7 Å². The molecule has 9 heteroatoms. The Morgan fingerprint density at radius 1 is 1.27 bits per heavy atom. The summed E-state index contributed by atoms with van der Waals surface area (Å²) in [7, 11) is 0. The highest BCUT2D eigenvalue weighted by molar-refractivity contribution is 7.99. The van der Waals surface area contributed by atoms with Crippen LogP contribution in [-0.4, -0.2) is 42.9 Å². The first-order valence-electron chi connectivity index (χ1n) is 6.62. The van der Waals surface area contributed by atoms with Gasteiger partial charge in [-0.2, -0.15) is 13.2 Å². The molecule has 0 fully saturated rings. The number of aliphatic hydroxyl groups is 1. The van der Waals surface area contributed by atoms with Crippen LogP contribution in [0.4, 0.5) is 13.2 Å². The van der Waals surface area contributed by atoms with E-state index < -0.39 is 18.8 Å². The van der Waals surface area contributed by atoms with Crippen molar-refractivity contribution in [2.75, 3.05) is 5.75 Å². The molecule has 0 amide bonds. The summed E-state index contributed by atoms with van der Waals surface area (Å²) in [5, 5.41) is 17.4. The van der Waals surface area contributed by atoms with E-state index in [0.717, 1.165) is 16.3 Å². The predicted molar refractivity (Wildman–Crippen MR) is 76.3 cm³/mol. The molecular weight excluding hydrogens is 317 g/mol. The number of rotatable bonds is 6. The third kappa shape index (κ3) is 4.44. The highest BCUT2D eigenvalue weighted by atomic mass is 32.2. The lowest BCUT2D eigenvalue weighted by atomic mass is 10.2. The van der Waals surface area contributed by atoms with E-state index in [9.17, 15) is 18.3 Å². The van der Waals surface area contributed by atoms with Crippen LogP contribution in [0.25, 0.3) is 11.4 Å². The zero-order chi connectivity index (χ0) is 16.2. The summed E-state index contributed by atoms with van der Waals surface area (Å²) in [6, 6.07) is 3.15. The molecule has 120 valence electrons. The van der Waals surface area contributed by atoms with E-state index in [4.69, 9.17) is 0 Å². The van der Waals surface area contributed by atoms with Gasteiger partial charge in [0.05, 0.1) is 6.10 Å². The molecule has 2 heterocycles. The van der Waals surface area contributed by atoms with Crippen molar-refractivity contribution in [2.24, 2.45) is 0 Å². The standard InChI is InChI=1S/C13H15F3N4OS/c1-2-10(21)7-22-12-19-18-11(9-3-5-17-6-4-9)20(12)8-13(14,15)16/h3-6,10,21H,2,7-8H2,1H3/t10-/m0/s1. The minimum absolute atomic E-state index is 0.133. The maximum Gasteiger partial charge on any atom is 0.406 e. The SMILES string of the molecule is CC[C@H](O)CSc1nnc(-c2ccncc2)n1CC(F)(F)F. The Bertz CT molecular complexity index is 603. The summed E-state index contributed by atoms with van der Waals surface area (Å²) in [5.41, 5.74) is 0.509. The van der Waals surface area contributed by atoms with Crippen LogP contribution in [0.2, 0.25) is 0 Å². The van der Waals surface area contributed by atoms with Crippen LogP contribution in [0.1, 0.15) is 13.3 Å². The monoisotopic (exact) mass is 332 g/mol. The summed E-state index contributed by atoms with van der Waals surface area (Å²) in [5.74, 6) is 0.399. The summed E-state index contributed by atoms with van der Waals surface area (Å²) >= 11 is 1.06. The Morgan fingerprint density at radius 2 is 1.95 bits per heavy atom. The molecule has 0 bridgehead atoms. The molecule has 0 aliphatic rings. The molecule has 2 aromatic heterocycles. The van der Waals surface area contributed by atoms with E-state index in [1.54, 1.807) is 19.1 Å². The molecule has 0 spiro atoms. The second kappa shape index (κ2) is 7.10. The van der Waals surface area contributed by atoms with Gasteiger partial charge in [-0.05, 0) is 18.6 Å². The van der Waals surface area contributed by atoms with Crippen LogP contribution in [0.3, 0.4) is 0 Å². The van der Waals surface area contributed by atoms with E-state index in [1.807, 2.05) is 0 Å². The van der Waals surface area contributed by atoms with Gasteiger partial charge < -0.3 is 5.11 Å². The first-order chi connectivity index (χ1) is 10.4. The van der Waals surface area contributed by atoms with E-state index in [2.05, 4.69) is 15.2 Å². The Kier molecular flexibility index (Phi) is 5.41. The van der Waals surface area contributed by atoms with Crippen LogP contribution < -0.4 is 0 Å². The number of hydrogen-bond acceptors (Lipinski definition) is 5. The van der Waals surface area contributed by atoms with Crippen molar-refractivity contribution in [3.8, 4) is 11.4 Å². The summed E-state index contributed by atoms with van der Waals surface area (Å²) < 4.78 is 39.5. The fourth-order valence-electron chi connectivity index (χ4n) is 1.72. The van der Waals surface area contributed by atoms with Gasteiger partial charge in [0.25, 0.3) is 0 Å². The van der Waals surface area contributed by atoms with E-state index in [-0.39, 0.29) is 16.7 Å². The van der Waals surface area contributed by atoms with Gasteiger partial charge in [-0.3, -0.25) is 9.55 Å². The van der Waals surface area contributed by atoms with Gasteiger partial charge >= 0.3 is 6.18 Å². The van der Waals surface area contributed by atoms with Crippen LogP contribution >= 0.6 is 11.8 Å². The summed E-state index contributed by atoms with van der Waals surface area (Å²) in [6.45, 7) is 0.621. The van der Waals surface area contributed by atoms with Crippen molar-refractivity contribution in [1.82, 2.24) is 19.7 Å². The molecule has 0 unspecified atom stereocenters. The zero-order valence-electron chi connectivity index (χ0n) is 11.8. The van der Waals surface area contributed by atoms with Crippen molar-refractivity contribution >= 4 is 11.8 Å². The van der Waals surface area contributed by atoms with Gasteiger partial charge in [0.2, 0.25) is 0 Å². The summed E-state index contributed by atoms with van der Waals surface area (Å²) in [4.78, 5) is 3.83. The molecule has 1 N–H and O–H groups in total. The second-order valence-corrected chi connectivity index (χ2v) is 5.60. The number of aromatic nitrogens is 4. The highest BCUT2D eigenvalue weighted by Crippen LogP contribution is 2.28. The predicted octanol–water partition coefficient (Wildman–Crippen LogP) is 2.77. The number of aliphatic hydroxyl groups excluding tert-OH is 1. The van der Waals surface area contributed by atoms with Crippen LogP contribution in [0.5, 0.6) is 0 Å². The molecule has 1 atom stereocenters. The number of alkyl halides is 3. The Balaban J connectivity index is 2.32. The molecule has 2 aromatic rings. The molecule has 0 aromatic carbocycles. The largest absolute Gasteiger partial charge is 0.406 e. The van der Waals surface area contributed by atoms with Crippen molar-refractivity contribution in [3.05, 3.63) is 24.5 Å². The second-order valence-electron chi connectivity index (χ2n) is 4.62. The summed E-state index contributed by atoms with van der Waals surface area (Å²) in [6.07, 6.45) is -1.49. The van der Waals surface area contributed by atoms with Crippen LogP contribution in [0.15, 0.2) is 29.7 Å². The smallest absolute Gasteiger partial charge is 0.392 e. The Morgan fingerprint density at radius 3 is 2.55 bits per heavy atom. The highest BCUT2D eigenvalue weighted by Gasteiger charge is 2.31. The molecule has 5 nitrogen and oxygen atoms in total. The van der Waals surface area contributed by atoms with Crippen molar-refractivity contribution in [2.45, 2.75) is 37.3 Å². The zero-order valence-corrected chi connectivity index (χ0v) is 12.6. The minimum atomic E-state index is -4.39. The maximum atomic E-state index is 12.8. The first-order valence-corrected chi connectivity index (χ1v) is 7.60. The molecule has 2 rings (SSSR count). The molecule has 22 heavy (non-hydrogen) atoms. The topological polar surface area (TPSA) is 63.8 Å². The number of hydrogen-bond donors (Lipinski definition) is 1. The first kappa shape index (κ1) is 16.8. The molecule has 0 radical (unpaired) electrons. The average Bonchev–Trinajstić information content (AvgIpc) is 2.86. The van der Waals surface area contributed by atoms with Gasteiger partial charge in [0.1, 0.15) is 6.54 Å². The Labute approximate surface area is 129 Å². The van der Waals surface area contributed by atoms with E-state index in [1.165, 1.54) is 12.4 Å². The lowest BCUT2D eigenvalue weighted by Crippen LogP contribution is -2.19. The quantitative estimate of drug-likeness (QED) is 0.824. The van der Waals surface area contributed by atoms with Gasteiger partial charge in [-0.1, -0.05) is 18.7 Å². The molecule has 0 saturated heterocycles. The van der Waals surface area contributed by atoms with E-state index >= 15 is 0 Å². The van der Waals surface area contributed by atoms with Crippen LogP contribution in [-0.2, 0) is 6.54 Å². The fourth-order valence-corrected chi connectivity index (χ4v) is 2.70. The van der Waals surface area contributed by atoms with Gasteiger partial charge in [0.15, 0.2) is 11.0 Å². The third-order valence-electron chi connectivity index (χ3n) is 2.87. The number of thioether (sulfide) groups is 1. The minimum Gasteiger partial charge on any atom is -0.392 e. The van der Waals surface area contributed by atoms with Crippen LogP contribution in [0, 0.1) is 0 Å². The number of pyridine rings is 1. The third-order valence-corrected chi connectivity index (χ3v) is 3.98. The van der Waals surface area contributed by atoms with E-state index in [0.29, 0.717) is 12.0 Å². The Hall–Kier alpha value is -1.61. The molecular formula is C13H15F3N4OS. The van der Waals surface area contributed by atoms with Gasteiger partial charge in [-0.25, -0.2) is 0 Å². The molecule has 0 aliphatic heterocycles. The van der Waals surface area contributed by atoms with Crippen molar-refractivity contribution in [3.63, 3.8) is 0 Å².